The van der Waals surface area contributed by atoms with Crippen LogP contribution in [0.3, 0.4) is 0 Å². The van der Waals surface area contributed by atoms with E-state index in [1.807, 2.05) is 6.92 Å². The normalized spacial score (nSPS) is 11.2. The molecule has 0 fully saturated rings. The van der Waals surface area contributed by atoms with Crippen LogP contribution in [-0.2, 0) is 21.4 Å². The lowest BCUT2D eigenvalue weighted by atomic mass is 10.1. The Balaban J connectivity index is 1.94. The van der Waals surface area contributed by atoms with Crippen LogP contribution >= 0.6 is 11.6 Å². The van der Waals surface area contributed by atoms with Crippen LogP contribution in [0.4, 0.5) is 5.69 Å². The molecule has 0 saturated carbocycles. The minimum atomic E-state index is -3.97. The van der Waals surface area contributed by atoms with Crippen molar-refractivity contribution < 1.29 is 27.8 Å². The first kappa shape index (κ1) is 24.6. The van der Waals surface area contributed by atoms with E-state index < -0.39 is 16.0 Å². The molecule has 9 heteroatoms. The first-order valence-corrected chi connectivity index (χ1v) is 12.0. The lowest BCUT2D eigenvalue weighted by Crippen LogP contribution is -2.33. The Kier molecular flexibility index (Phi) is 8.32. The number of hydrogen-bond donors (Lipinski definition) is 1. The number of rotatable bonds is 11. The maximum absolute atomic E-state index is 13.5. The summed E-state index contributed by atoms with van der Waals surface area (Å²) in [5, 5.41) is 9.39. The molecule has 0 saturated heterocycles. The van der Waals surface area contributed by atoms with Crippen LogP contribution in [0.5, 0.6) is 5.75 Å². The van der Waals surface area contributed by atoms with Crippen molar-refractivity contribution in [3.63, 3.8) is 0 Å². The van der Waals surface area contributed by atoms with Crippen LogP contribution in [0.1, 0.15) is 29.3 Å². The molecule has 1 N–H and O–H groups in total. The Morgan fingerprint density at radius 3 is 2.36 bits per heavy atom. The number of benzene rings is 3. The Bertz CT molecular complexity index is 1180. The monoisotopic (exact) mass is 489 g/mol. The fourth-order valence-electron chi connectivity index (χ4n) is 2.99. The summed E-state index contributed by atoms with van der Waals surface area (Å²) in [4.78, 5) is 11.2. The largest absolute Gasteiger partial charge is 0.487 e. The summed E-state index contributed by atoms with van der Waals surface area (Å²) >= 11 is 6.21. The van der Waals surface area contributed by atoms with E-state index in [1.54, 1.807) is 42.5 Å². The zero-order chi connectivity index (χ0) is 23.8. The minimum absolute atomic E-state index is 0.101. The summed E-state index contributed by atoms with van der Waals surface area (Å²) < 4.78 is 39.6. The Hall–Kier alpha value is -3.07. The number of nitrogens with zero attached hydrogens (tertiary/aromatic N) is 1. The molecule has 0 atom stereocenters. The number of carboxylic acid groups (broad SMARTS) is 1. The van der Waals surface area contributed by atoms with Gasteiger partial charge in [-0.2, -0.15) is 0 Å². The van der Waals surface area contributed by atoms with Crippen LogP contribution in [0.15, 0.2) is 77.7 Å². The predicted molar refractivity (Wildman–Crippen MR) is 126 cm³/mol. The van der Waals surface area contributed by atoms with Crippen LogP contribution in [0.2, 0.25) is 5.02 Å². The van der Waals surface area contributed by atoms with E-state index in [1.165, 1.54) is 30.3 Å². The van der Waals surface area contributed by atoms with E-state index in [2.05, 4.69) is 0 Å². The third-order valence-corrected chi connectivity index (χ3v) is 6.66. The van der Waals surface area contributed by atoms with Gasteiger partial charge in [-0.1, -0.05) is 48.9 Å². The molecule has 0 heterocycles. The molecule has 0 aliphatic heterocycles. The summed E-state index contributed by atoms with van der Waals surface area (Å²) in [7, 11) is -3.97. The van der Waals surface area contributed by atoms with E-state index in [0.29, 0.717) is 17.4 Å². The highest BCUT2D eigenvalue weighted by Gasteiger charge is 2.28. The Morgan fingerprint density at radius 2 is 1.73 bits per heavy atom. The van der Waals surface area contributed by atoms with Crippen molar-refractivity contribution in [2.75, 3.05) is 17.6 Å². The quantitative estimate of drug-likeness (QED) is 0.294. The van der Waals surface area contributed by atoms with E-state index in [9.17, 15) is 13.2 Å². The second kappa shape index (κ2) is 11.2. The van der Waals surface area contributed by atoms with Gasteiger partial charge in [0.2, 0.25) is 0 Å². The van der Waals surface area contributed by atoms with E-state index in [-0.39, 0.29) is 29.5 Å². The number of carboxylic acids is 1. The molecule has 0 aliphatic rings. The fraction of sp³-hybridized carbons (Fsp3) is 0.208. The van der Waals surface area contributed by atoms with Crippen LogP contribution in [0, 0.1) is 0 Å². The minimum Gasteiger partial charge on any atom is -0.487 e. The Morgan fingerprint density at radius 1 is 1.03 bits per heavy atom. The summed E-state index contributed by atoms with van der Waals surface area (Å²) in [6.45, 7) is 2.20. The first-order chi connectivity index (χ1) is 15.8. The molecule has 0 aromatic heterocycles. The fourth-order valence-corrected chi connectivity index (χ4v) is 4.53. The van der Waals surface area contributed by atoms with Gasteiger partial charge in [0.25, 0.3) is 10.0 Å². The number of halogens is 1. The topological polar surface area (TPSA) is 93.1 Å². The number of anilines is 1. The number of carbonyl (C=O) groups is 1. The molecule has 0 unspecified atom stereocenters. The predicted octanol–water partition coefficient (Wildman–Crippen LogP) is 5.20. The molecule has 0 amide bonds. The molecular weight excluding hydrogens is 466 g/mol. The van der Waals surface area contributed by atoms with Gasteiger partial charge < -0.3 is 14.6 Å². The smallest absolute Gasteiger partial charge is 0.335 e. The summed E-state index contributed by atoms with van der Waals surface area (Å²) in [6, 6.07) is 19.0. The van der Waals surface area contributed by atoms with Gasteiger partial charge >= 0.3 is 5.97 Å². The molecular formula is C24H24ClNO6S. The molecule has 0 bridgehead atoms. The maximum atomic E-state index is 13.5. The standard InChI is InChI=1S/C24H24ClNO6S/c1-2-14-31-17-26(33(29,30)21-6-4-3-5-7-21)22-15-20(25)12-13-23(22)32-16-18-8-10-19(11-9-18)24(27)28/h3-13,15H,2,14,16-17H2,1H3,(H,27,28). The lowest BCUT2D eigenvalue weighted by molar-refractivity contribution is 0.0697. The van der Waals surface area contributed by atoms with Gasteiger partial charge in [0, 0.05) is 11.6 Å². The van der Waals surface area contributed by atoms with Gasteiger partial charge in [-0.3, -0.25) is 0 Å². The molecule has 33 heavy (non-hydrogen) atoms. The number of hydrogen-bond acceptors (Lipinski definition) is 5. The number of aromatic carboxylic acids is 1. The van der Waals surface area contributed by atoms with E-state index in [0.717, 1.165) is 16.3 Å². The van der Waals surface area contributed by atoms with Gasteiger partial charge in [-0.15, -0.1) is 0 Å². The van der Waals surface area contributed by atoms with Gasteiger partial charge in [-0.25, -0.2) is 17.5 Å². The van der Waals surface area contributed by atoms with Crippen molar-refractivity contribution in [2.45, 2.75) is 24.8 Å². The highest BCUT2D eigenvalue weighted by molar-refractivity contribution is 7.92. The molecule has 3 rings (SSSR count). The average Bonchev–Trinajstić information content (AvgIpc) is 2.82. The maximum Gasteiger partial charge on any atom is 0.335 e. The zero-order valence-corrected chi connectivity index (χ0v) is 19.6. The van der Waals surface area contributed by atoms with Crippen molar-refractivity contribution in [2.24, 2.45) is 0 Å². The van der Waals surface area contributed by atoms with Crippen molar-refractivity contribution in [1.82, 2.24) is 0 Å². The van der Waals surface area contributed by atoms with Crippen molar-refractivity contribution in [3.05, 3.63) is 88.9 Å². The first-order valence-electron chi connectivity index (χ1n) is 10.2. The molecule has 0 radical (unpaired) electrons. The van der Waals surface area contributed by atoms with Gasteiger partial charge in [0.15, 0.2) is 0 Å². The average molecular weight is 490 g/mol. The van der Waals surface area contributed by atoms with Crippen LogP contribution in [0.25, 0.3) is 0 Å². The third kappa shape index (κ3) is 6.25. The van der Waals surface area contributed by atoms with Crippen molar-refractivity contribution in [1.29, 1.82) is 0 Å². The van der Waals surface area contributed by atoms with Crippen molar-refractivity contribution in [3.8, 4) is 5.75 Å². The summed E-state index contributed by atoms with van der Waals surface area (Å²) in [5.41, 5.74) is 1.13. The second-order valence-electron chi connectivity index (χ2n) is 7.11. The summed E-state index contributed by atoms with van der Waals surface area (Å²) in [5.74, 6) is -0.724. The summed E-state index contributed by atoms with van der Waals surface area (Å²) in [6.07, 6.45) is 0.727. The molecule has 174 valence electrons. The molecule has 0 aliphatic carbocycles. The van der Waals surface area contributed by atoms with Crippen LogP contribution in [-0.4, -0.2) is 32.8 Å². The lowest BCUT2D eigenvalue weighted by Gasteiger charge is -2.26. The Labute approximate surface area is 198 Å². The molecule has 0 spiro atoms. The zero-order valence-electron chi connectivity index (χ0n) is 18.0. The van der Waals surface area contributed by atoms with Crippen molar-refractivity contribution >= 4 is 33.3 Å². The second-order valence-corrected chi connectivity index (χ2v) is 9.41. The molecule has 3 aromatic rings. The van der Waals surface area contributed by atoms with E-state index in [4.69, 9.17) is 26.2 Å². The highest BCUT2D eigenvalue weighted by atomic mass is 35.5. The van der Waals surface area contributed by atoms with Gasteiger partial charge in [0.1, 0.15) is 19.1 Å². The van der Waals surface area contributed by atoms with Gasteiger partial charge in [-0.05, 0) is 54.4 Å². The van der Waals surface area contributed by atoms with Crippen LogP contribution < -0.4 is 9.04 Å². The highest BCUT2D eigenvalue weighted by Crippen LogP contribution is 2.35. The number of ether oxygens (including phenoxy) is 2. The van der Waals surface area contributed by atoms with E-state index >= 15 is 0 Å². The molecule has 7 nitrogen and oxygen atoms in total. The third-order valence-electron chi connectivity index (χ3n) is 4.67. The number of sulfonamides is 1. The molecule has 3 aromatic carbocycles. The van der Waals surface area contributed by atoms with Gasteiger partial charge in [0.05, 0.1) is 16.1 Å². The SMILES string of the molecule is CCCOCN(c1cc(Cl)ccc1OCc1ccc(C(=O)O)cc1)S(=O)(=O)c1ccccc1.